The van der Waals surface area contributed by atoms with Gasteiger partial charge >= 0.3 is 17.8 Å². The van der Waals surface area contributed by atoms with Crippen LogP contribution in [0.5, 0.6) is 11.5 Å². The van der Waals surface area contributed by atoms with Crippen molar-refractivity contribution in [1.29, 1.82) is 0 Å². The van der Waals surface area contributed by atoms with E-state index in [4.69, 9.17) is 9.47 Å². The van der Waals surface area contributed by atoms with Crippen molar-refractivity contribution in [3.8, 4) is 11.5 Å². The third-order valence-corrected chi connectivity index (χ3v) is 4.63. The molecule has 0 aromatic heterocycles. The van der Waals surface area contributed by atoms with Gasteiger partial charge in [-0.3, -0.25) is 9.59 Å². The Morgan fingerprint density at radius 3 is 2.36 bits per heavy atom. The number of aryl methyl sites for hydroxylation is 2. The van der Waals surface area contributed by atoms with Crippen molar-refractivity contribution in [2.24, 2.45) is 5.10 Å². The number of benzene rings is 3. The summed E-state index contributed by atoms with van der Waals surface area (Å²) in [6, 6.07) is 18.9. The van der Waals surface area contributed by atoms with Crippen LogP contribution in [0.2, 0.25) is 0 Å². The van der Waals surface area contributed by atoms with E-state index in [9.17, 15) is 14.4 Å². The summed E-state index contributed by atoms with van der Waals surface area (Å²) in [5, 5.41) is 6.37. The largest absolute Gasteiger partial charge is 0.493 e. The number of nitrogens with one attached hydrogen (secondary N) is 2. The molecule has 3 aromatic rings. The second-order valence-electron chi connectivity index (χ2n) is 7.14. The van der Waals surface area contributed by atoms with Crippen LogP contribution in [0.4, 0.5) is 5.69 Å². The van der Waals surface area contributed by atoms with E-state index in [-0.39, 0.29) is 5.75 Å². The summed E-state index contributed by atoms with van der Waals surface area (Å²) in [5.41, 5.74) is 5.51. The first-order valence-corrected chi connectivity index (χ1v) is 10.0. The third kappa shape index (κ3) is 6.27. The first-order valence-electron chi connectivity index (χ1n) is 10.0. The Morgan fingerprint density at radius 1 is 0.879 bits per heavy atom. The lowest BCUT2D eigenvalue weighted by Crippen LogP contribution is -2.32. The molecule has 0 aliphatic rings. The van der Waals surface area contributed by atoms with Crippen molar-refractivity contribution in [2.75, 3.05) is 12.4 Å². The van der Waals surface area contributed by atoms with Crippen LogP contribution < -0.4 is 20.2 Å². The lowest BCUT2D eigenvalue weighted by molar-refractivity contribution is -0.136. The van der Waals surface area contributed by atoms with Gasteiger partial charge in [0, 0.05) is 5.69 Å². The van der Waals surface area contributed by atoms with Crippen LogP contribution >= 0.6 is 0 Å². The van der Waals surface area contributed by atoms with Crippen molar-refractivity contribution in [2.45, 2.75) is 13.8 Å². The van der Waals surface area contributed by atoms with E-state index in [2.05, 4.69) is 15.8 Å². The van der Waals surface area contributed by atoms with E-state index >= 15 is 0 Å². The summed E-state index contributed by atoms with van der Waals surface area (Å²) < 4.78 is 10.7. The van der Waals surface area contributed by atoms with Gasteiger partial charge in [-0.15, -0.1) is 0 Å². The molecule has 0 saturated carbocycles. The predicted octanol–water partition coefficient (Wildman–Crippen LogP) is 3.62. The van der Waals surface area contributed by atoms with Crippen LogP contribution in [0, 0.1) is 13.8 Å². The summed E-state index contributed by atoms with van der Waals surface area (Å²) in [6.07, 6.45) is 1.34. The number of ether oxygens (including phenoxy) is 2. The van der Waals surface area contributed by atoms with Gasteiger partial charge in [-0.1, -0.05) is 30.3 Å². The number of hydrogen-bond donors (Lipinski definition) is 2. The maximum absolute atomic E-state index is 12.3. The maximum Gasteiger partial charge on any atom is 0.343 e. The first kappa shape index (κ1) is 23.2. The van der Waals surface area contributed by atoms with Crippen molar-refractivity contribution in [3.63, 3.8) is 0 Å². The fraction of sp³-hybridized carbons (Fsp3) is 0.120. The highest BCUT2D eigenvalue weighted by atomic mass is 16.6. The molecule has 0 radical (unpaired) electrons. The molecular formula is C25H23N3O5. The lowest BCUT2D eigenvalue weighted by Gasteiger charge is -2.10. The molecule has 33 heavy (non-hydrogen) atoms. The molecule has 0 heterocycles. The zero-order valence-corrected chi connectivity index (χ0v) is 18.4. The number of anilines is 1. The molecule has 3 rings (SSSR count). The number of rotatable bonds is 6. The molecule has 2 amide bonds. The number of carbonyl (C=O) groups is 3. The second kappa shape index (κ2) is 10.7. The van der Waals surface area contributed by atoms with Crippen LogP contribution in [0.1, 0.15) is 27.0 Å². The third-order valence-electron chi connectivity index (χ3n) is 4.63. The molecule has 2 N–H and O–H groups in total. The molecule has 0 saturated heterocycles. The average Bonchev–Trinajstić information content (AvgIpc) is 2.82. The van der Waals surface area contributed by atoms with Gasteiger partial charge in [0.15, 0.2) is 11.5 Å². The molecule has 0 atom stereocenters. The summed E-state index contributed by atoms with van der Waals surface area (Å²) in [4.78, 5) is 36.4. The zero-order chi connectivity index (χ0) is 23.8. The summed E-state index contributed by atoms with van der Waals surface area (Å²) in [7, 11) is 1.44. The van der Waals surface area contributed by atoms with Crippen molar-refractivity contribution < 1.29 is 23.9 Å². The Bertz CT molecular complexity index is 1210. The second-order valence-corrected chi connectivity index (χ2v) is 7.14. The van der Waals surface area contributed by atoms with Gasteiger partial charge in [0.05, 0.1) is 18.9 Å². The van der Waals surface area contributed by atoms with Crippen LogP contribution in [0.25, 0.3) is 0 Å². The summed E-state index contributed by atoms with van der Waals surface area (Å²) in [5.74, 6) is -1.71. The number of carbonyl (C=O) groups excluding carboxylic acids is 3. The number of amides is 2. The van der Waals surface area contributed by atoms with Crippen LogP contribution in [-0.2, 0) is 9.59 Å². The van der Waals surface area contributed by atoms with Crippen LogP contribution in [0.3, 0.4) is 0 Å². The maximum atomic E-state index is 12.3. The van der Waals surface area contributed by atoms with Crippen molar-refractivity contribution in [1.82, 2.24) is 5.43 Å². The van der Waals surface area contributed by atoms with E-state index in [0.717, 1.165) is 11.1 Å². The van der Waals surface area contributed by atoms with Gasteiger partial charge in [-0.25, -0.2) is 10.2 Å². The number of esters is 1. The quantitative estimate of drug-likeness (QED) is 0.198. The number of hydrazone groups is 1. The number of nitrogens with zero attached hydrogens (tertiary/aromatic N) is 1. The minimum atomic E-state index is -0.910. The molecule has 0 spiro atoms. The molecule has 168 valence electrons. The summed E-state index contributed by atoms with van der Waals surface area (Å²) in [6.45, 7) is 3.72. The fourth-order valence-electron chi connectivity index (χ4n) is 2.85. The Hall–Kier alpha value is -4.46. The van der Waals surface area contributed by atoms with Gasteiger partial charge < -0.3 is 14.8 Å². The number of hydrogen-bond acceptors (Lipinski definition) is 6. The predicted molar refractivity (Wildman–Crippen MR) is 125 cm³/mol. The highest BCUT2D eigenvalue weighted by Crippen LogP contribution is 2.28. The molecule has 8 heteroatoms. The van der Waals surface area contributed by atoms with Crippen LogP contribution in [-0.4, -0.2) is 31.1 Å². The Morgan fingerprint density at radius 2 is 1.64 bits per heavy atom. The van der Waals surface area contributed by atoms with Gasteiger partial charge in [-0.2, -0.15) is 5.10 Å². The average molecular weight is 445 g/mol. The van der Waals surface area contributed by atoms with Gasteiger partial charge in [-0.05, 0) is 66.9 Å². The molecule has 0 bridgehead atoms. The Kier molecular flexibility index (Phi) is 7.54. The smallest absolute Gasteiger partial charge is 0.343 e. The topological polar surface area (TPSA) is 106 Å². The van der Waals surface area contributed by atoms with Crippen molar-refractivity contribution in [3.05, 3.63) is 89.0 Å². The first-order chi connectivity index (χ1) is 15.9. The molecule has 0 unspecified atom stereocenters. The minimum absolute atomic E-state index is 0.237. The van der Waals surface area contributed by atoms with Gasteiger partial charge in [0.1, 0.15) is 0 Å². The Labute approximate surface area is 191 Å². The van der Waals surface area contributed by atoms with E-state index in [1.807, 2.05) is 26.0 Å². The summed E-state index contributed by atoms with van der Waals surface area (Å²) >= 11 is 0. The normalized spacial score (nSPS) is 10.5. The minimum Gasteiger partial charge on any atom is -0.493 e. The molecule has 0 fully saturated rings. The molecular weight excluding hydrogens is 422 g/mol. The molecule has 0 aliphatic carbocycles. The highest BCUT2D eigenvalue weighted by Gasteiger charge is 2.15. The Balaban J connectivity index is 1.61. The highest BCUT2D eigenvalue weighted by molar-refractivity contribution is 6.39. The monoisotopic (exact) mass is 445 g/mol. The van der Waals surface area contributed by atoms with E-state index in [1.165, 1.54) is 13.3 Å². The van der Waals surface area contributed by atoms with Crippen molar-refractivity contribution >= 4 is 29.7 Å². The van der Waals surface area contributed by atoms with E-state index < -0.39 is 17.8 Å². The molecule has 8 nitrogen and oxygen atoms in total. The lowest BCUT2D eigenvalue weighted by atomic mass is 10.1. The SMILES string of the molecule is COc1cc(C=NNC(=O)C(=O)Nc2cc(C)ccc2C)ccc1OC(=O)c1ccccc1. The van der Waals surface area contributed by atoms with Crippen LogP contribution in [0.15, 0.2) is 71.8 Å². The number of methoxy groups -OCH3 is 1. The van der Waals surface area contributed by atoms with E-state index in [0.29, 0.717) is 22.6 Å². The zero-order valence-electron chi connectivity index (χ0n) is 18.4. The molecule has 0 aliphatic heterocycles. The van der Waals surface area contributed by atoms with Gasteiger partial charge in [0.25, 0.3) is 0 Å². The van der Waals surface area contributed by atoms with E-state index in [1.54, 1.807) is 54.6 Å². The van der Waals surface area contributed by atoms with Gasteiger partial charge in [0.2, 0.25) is 0 Å². The fourth-order valence-corrected chi connectivity index (χ4v) is 2.85. The standard InChI is InChI=1S/C25H23N3O5/c1-16-9-10-17(2)20(13-16)27-23(29)24(30)28-26-15-18-11-12-21(22(14-18)32-3)33-25(31)19-7-5-4-6-8-19/h4-15H,1-3H3,(H,27,29)(H,28,30). The molecule has 3 aromatic carbocycles.